The second kappa shape index (κ2) is 7.58. The summed E-state index contributed by atoms with van der Waals surface area (Å²) in [6.07, 6.45) is 0.719. The van der Waals surface area contributed by atoms with Gasteiger partial charge in [0.15, 0.2) is 6.61 Å². The van der Waals surface area contributed by atoms with Crippen LogP contribution in [0.4, 0.5) is 11.4 Å². The van der Waals surface area contributed by atoms with E-state index in [0.29, 0.717) is 11.4 Å². The van der Waals surface area contributed by atoms with Crippen LogP contribution in [0.5, 0.6) is 5.75 Å². The number of amides is 1. The van der Waals surface area contributed by atoms with Crippen LogP contribution in [-0.2, 0) is 4.79 Å². The smallest absolute Gasteiger partial charge is 0.262 e. The standard InChI is InChI=1S/C23H17ClN2O2S/c24-16-6-2-1-5-15(16)22-12-18(25-17-7-3-4-8-21(17)29-22)14-9-10-20-19(11-14)26-23(27)13-28-20/h1-11,22H,12-13H2,(H,26,27)/t22-/m0/s1. The molecular formula is C23H17ClN2O2S. The van der Waals surface area contributed by atoms with Crippen LogP contribution in [0.3, 0.4) is 0 Å². The fourth-order valence-corrected chi connectivity index (χ4v) is 5.17. The van der Waals surface area contributed by atoms with Gasteiger partial charge in [0.25, 0.3) is 5.91 Å². The molecule has 3 aromatic carbocycles. The van der Waals surface area contributed by atoms with Crippen molar-refractivity contribution in [2.75, 3.05) is 11.9 Å². The highest BCUT2D eigenvalue weighted by atomic mass is 35.5. The summed E-state index contributed by atoms with van der Waals surface area (Å²) in [5.41, 5.74) is 4.64. The number of para-hydroxylation sites is 1. The fourth-order valence-electron chi connectivity index (χ4n) is 3.57. The number of fused-ring (bicyclic) bond motifs is 2. The monoisotopic (exact) mass is 420 g/mol. The van der Waals surface area contributed by atoms with E-state index in [0.717, 1.165) is 38.9 Å². The third-order valence-corrected chi connectivity index (χ3v) is 6.61. The predicted molar refractivity (Wildman–Crippen MR) is 118 cm³/mol. The zero-order valence-electron chi connectivity index (χ0n) is 15.4. The van der Waals surface area contributed by atoms with Crippen LogP contribution in [0.2, 0.25) is 5.02 Å². The third kappa shape index (κ3) is 3.63. The maximum atomic E-state index is 11.7. The third-order valence-electron chi connectivity index (χ3n) is 4.97. The topological polar surface area (TPSA) is 50.7 Å². The number of thioether (sulfide) groups is 1. The molecule has 2 aliphatic heterocycles. The Bertz CT molecular complexity index is 1150. The van der Waals surface area contributed by atoms with Gasteiger partial charge in [-0.1, -0.05) is 41.9 Å². The summed E-state index contributed by atoms with van der Waals surface area (Å²) in [5.74, 6) is 0.535. The van der Waals surface area contributed by atoms with E-state index in [9.17, 15) is 4.79 Å². The van der Waals surface area contributed by atoms with E-state index in [1.807, 2.05) is 54.6 Å². The van der Waals surface area contributed by atoms with Gasteiger partial charge in [-0.2, -0.15) is 0 Å². The Morgan fingerprint density at radius 1 is 1.07 bits per heavy atom. The zero-order chi connectivity index (χ0) is 19.8. The highest BCUT2D eigenvalue weighted by Gasteiger charge is 2.25. The highest BCUT2D eigenvalue weighted by molar-refractivity contribution is 7.99. The lowest BCUT2D eigenvalue weighted by Crippen LogP contribution is -2.25. The predicted octanol–water partition coefficient (Wildman–Crippen LogP) is 6.03. The minimum absolute atomic E-state index is 0.0475. The number of benzene rings is 3. The molecule has 2 aliphatic rings. The van der Waals surface area contributed by atoms with E-state index in [-0.39, 0.29) is 17.8 Å². The van der Waals surface area contributed by atoms with Gasteiger partial charge < -0.3 is 10.1 Å². The number of carbonyl (C=O) groups is 1. The van der Waals surface area contributed by atoms with Crippen LogP contribution in [0.15, 0.2) is 76.6 Å². The largest absolute Gasteiger partial charge is 0.482 e. The normalized spacial score (nSPS) is 17.9. The van der Waals surface area contributed by atoms with E-state index in [1.165, 1.54) is 0 Å². The number of nitrogens with one attached hydrogen (secondary N) is 1. The van der Waals surface area contributed by atoms with Crippen molar-refractivity contribution in [2.45, 2.75) is 16.6 Å². The molecular weight excluding hydrogens is 404 g/mol. The van der Waals surface area contributed by atoms with Crippen LogP contribution in [0.1, 0.15) is 22.8 Å². The van der Waals surface area contributed by atoms with Gasteiger partial charge >= 0.3 is 0 Å². The number of ether oxygens (including phenoxy) is 1. The molecule has 3 aromatic rings. The summed E-state index contributed by atoms with van der Waals surface area (Å²) in [6, 6.07) is 21.9. The molecule has 144 valence electrons. The maximum absolute atomic E-state index is 11.7. The Hall–Kier alpha value is -2.76. The van der Waals surface area contributed by atoms with Crippen LogP contribution in [-0.4, -0.2) is 18.2 Å². The summed E-state index contributed by atoms with van der Waals surface area (Å²) in [7, 11) is 0. The van der Waals surface area contributed by atoms with Crippen molar-refractivity contribution in [3.05, 3.63) is 82.9 Å². The molecule has 1 N–H and O–H groups in total. The fraction of sp³-hybridized carbons (Fsp3) is 0.130. The van der Waals surface area contributed by atoms with E-state index < -0.39 is 0 Å². The highest BCUT2D eigenvalue weighted by Crippen LogP contribution is 2.47. The lowest BCUT2D eigenvalue weighted by Gasteiger charge is -2.20. The number of anilines is 1. The first-order valence-electron chi connectivity index (χ1n) is 9.32. The van der Waals surface area contributed by atoms with Crippen molar-refractivity contribution in [1.82, 2.24) is 0 Å². The Morgan fingerprint density at radius 2 is 1.90 bits per heavy atom. The Labute approximate surface area is 178 Å². The first-order valence-corrected chi connectivity index (χ1v) is 10.6. The maximum Gasteiger partial charge on any atom is 0.262 e. The van der Waals surface area contributed by atoms with E-state index in [1.54, 1.807) is 11.8 Å². The summed E-state index contributed by atoms with van der Waals surface area (Å²) in [5, 5.41) is 3.77. The van der Waals surface area contributed by atoms with E-state index >= 15 is 0 Å². The van der Waals surface area contributed by atoms with Gasteiger partial charge in [0.1, 0.15) is 5.75 Å². The van der Waals surface area contributed by atoms with Crippen molar-refractivity contribution >= 4 is 46.4 Å². The van der Waals surface area contributed by atoms with Crippen LogP contribution >= 0.6 is 23.4 Å². The molecule has 29 heavy (non-hydrogen) atoms. The molecule has 0 spiro atoms. The average molecular weight is 421 g/mol. The van der Waals surface area contributed by atoms with Gasteiger partial charge in [-0.15, -0.1) is 11.8 Å². The molecule has 0 bridgehead atoms. The lowest BCUT2D eigenvalue weighted by atomic mass is 10.00. The van der Waals surface area contributed by atoms with Gasteiger partial charge in [-0.05, 0) is 47.5 Å². The molecule has 0 saturated heterocycles. The molecule has 0 aromatic heterocycles. The Kier molecular flexibility index (Phi) is 4.78. The minimum Gasteiger partial charge on any atom is -0.482 e. The van der Waals surface area contributed by atoms with E-state index in [2.05, 4.69) is 17.4 Å². The SMILES string of the molecule is O=C1COc2ccc(C3=Nc4ccccc4S[C@H](c4ccccc4Cl)C3)cc2N1. The van der Waals surface area contributed by atoms with Gasteiger partial charge in [-0.3, -0.25) is 9.79 Å². The molecule has 1 atom stereocenters. The van der Waals surface area contributed by atoms with Crippen LogP contribution < -0.4 is 10.1 Å². The Morgan fingerprint density at radius 3 is 2.79 bits per heavy atom. The number of rotatable bonds is 2. The zero-order valence-corrected chi connectivity index (χ0v) is 17.0. The summed E-state index contributed by atoms with van der Waals surface area (Å²) in [4.78, 5) is 17.8. The molecule has 0 saturated carbocycles. The number of halogens is 1. The Balaban J connectivity index is 1.60. The number of hydrogen-bond acceptors (Lipinski definition) is 4. The van der Waals surface area contributed by atoms with E-state index in [4.69, 9.17) is 21.3 Å². The van der Waals surface area contributed by atoms with Crippen LogP contribution in [0.25, 0.3) is 0 Å². The molecule has 4 nitrogen and oxygen atoms in total. The molecule has 6 heteroatoms. The van der Waals surface area contributed by atoms with Gasteiger partial charge in [0, 0.05) is 27.3 Å². The van der Waals surface area contributed by atoms with Gasteiger partial charge in [0.05, 0.1) is 11.4 Å². The number of nitrogens with zero attached hydrogens (tertiary/aromatic N) is 1. The minimum atomic E-state index is -0.146. The van der Waals surface area contributed by atoms with Crippen molar-refractivity contribution < 1.29 is 9.53 Å². The van der Waals surface area contributed by atoms with Crippen LogP contribution in [0, 0.1) is 0 Å². The van der Waals surface area contributed by atoms with Crippen molar-refractivity contribution in [2.24, 2.45) is 4.99 Å². The average Bonchev–Trinajstić information content (AvgIpc) is 2.93. The lowest BCUT2D eigenvalue weighted by molar-refractivity contribution is -0.118. The quantitative estimate of drug-likeness (QED) is 0.550. The molecule has 0 unspecified atom stereocenters. The molecule has 0 aliphatic carbocycles. The molecule has 0 radical (unpaired) electrons. The van der Waals surface area contributed by atoms with Crippen molar-refractivity contribution in [3.63, 3.8) is 0 Å². The molecule has 5 rings (SSSR count). The molecule has 0 fully saturated rings. The first-order chi connectivity index (χ1) is 14.2. The number of carbonyl (C=O) groups excluding carboxylic acids is 1. The number of aliphatic imine (C=N–C) groups is 1. The number of hydrogen-bond donors (Lipinski definition) is 1. The summed E-state index contributed by atoms with van der Waals surface area (Å²) in [6.45, 7) is 0.0475. The van der Waals surface area contributed by atoms with Crippen molar-refractivity contribution in [1.29, 1.82) is 0 Å². The summed E-state index contributed by atoms with van der Waals surface area (Å²) >= 11 is 8.30. The van der Waals surface area contributed by atoms with Gasteiger partial charge in [0.2, 0.25) is 0 Å². The molecule has 2 heterocycles. The van der Waals surface area contributed by atoms with Crippen molar-refractivity contribution in [3.8, 4) is 5.75 Å². The summed E-state index contributed by atoms with van der Waals surface area (Å²) < 4.78 is 5.49. The molecule has 1 amide bonds. The first kappa shape index (κ1) is 18.3. The second-order valence-corrected chi connectivity index (χ2v) is 8.56. The second-order valence-electron chi connectivity index (χ2n) is 6.91. The van der Waals surface area contributed by atoms with Gasteiger partial charge in [-0.25, -0.2) is 0 Å².